The molecule has 5 aromatic rings. The van der Waals surface area contributed by atoms with E-state index in [9.17, 15) is 8.42 Å². The van der Waals surface area contributed by atoms with Crippen LogP contribution in [0.15, 0.2) is 73.1 Å². The van der Waals surface area contributed by atoms with Crippen LogP contribution in [0.3, 0.4) is 0 Å². The van der Waals surface area contributed by atoms with Crippen molar-refractivity contribution >= 4 is 26.9 Å². The van der Waals surface area contributed by atoms with Gasteiger partial charge in [0.2, 0.25) is 10.0 Å². The van der Waals surface area contributed by atoms with E-state index in [4.69, 9.17) is 0 Å². The monoisotopic (exact) mass is 419 g/mol. The molecule has 0 saturated carbocycles. The lowest BCUT2D eigenvalue weighted by molar-refractivity contribution is 0.600. The van der Waals surface area contributed by atoms with Crippen LogP contribution >= 0.6 is 0 Å². The van der Waals surface area contributed by atoms with Crippen molar-refractivity contribution in [2.24, 2.45) is 0 Å². The second kappa shape index (κ2) is 7.16. The van der Waals surface area contributed by atoms with E-state index in [1.54, 1.807) is 29.1 Å². The lowest BCUT2D eigenvalue weighted by Crippen LogP contribution is -2.15. The molecular weight excluding hydrogens is 402 g/mol. The van der Waals surface area contributed by atoms with Gasteiger partial charge in [-0.05, 0) is 35.9 Å². The van der Waals surface area contributed by atoms with Crippen molar-refractivity contribution in [2.45, 2.75) is 5.75 Å². The van der Waals surface area contributed by atoms with E-state index in [1.807, 2.05) is 48.7 Å². The number of sulfonamides is 1. The number of hydrogen-bond acceptors (Lipinski definition) is 5. The minimum Gasteiger partial charge on any atom is -0.337 e. The molecule has 2 aromatic carbocycles. The van der Waals surface area contributed by atoms with Gasteiger partial charge in [-0.25, -0.2) is 18.1 Å². The highest BCUT2D eigenvalue weighted by Crippen LogP contribution is 2.21. The first-order valence-corrected chi connectivity index (χ1v) is 10.8. The normalized spacial score (nSPS) is 11.7. The molecule has 0 bridgehead atoms. The molecule has 0 aliphatic carbocycles. The summed E-state index contributed by atoms with van der Waals surface area (Å²) >= 11 is 0. The Morgan fingerprint density at radius 1 is 1.03 bits per heavy atom. The number of nitrogens with one attached hydrogen (secondary N) is 3. The van der Waals surface area contributed by atoms with Gasteiger partial charge in [0.05, 0.1) is 22.5 Å². The number of fused-ring (bicyclic) bond motifs is 1. The van der Waals surface area contributed by atoms with Crippen molar-refractivity contribution in [2.75, 3.05) is 4.72 Å². The molecule has 0 spiro atoms. The van der Waals surface area contributed by atoms with Gasteiger partial charge < -0.3 is 4.98 Å². The summed E-state index contributed by atoms with van der Waals surface area (Å²) in [5, 5.41) is 11.0. The molecule has 9 nitrogen and oxygen atoms in total. The van der Waals surface area contributed by atoms with Gasteiger partial charge in [-0.2, -0.15) is 10.2 Å². The molecule has 150 valence electrons. The number of benzene rings is 2. The number of rotatable bonds is 6. The number of hydrogen-bond donors (Lipinski definition) is 3. The SMILES string of the molecule is O=S(=O)(Cc1ccc(-n2cccn2)cc1)Nc1cc(-c2nc3ccccc3[nH]2)[nH]n1. The Bertz CT molecular complexity index is 1370. The van der Waals surface area contributed by atoms with Crippen molar-refractivity contribution in [3.8, 4) is 17.2 Å². The van der Waals surface area contributed by atoms with Crippen molar-refractivity contribution in [3.63, 3.8) is 0 Å². The first-order chi connectivity index (χ1) is 14.6. The van der Waals surface area contributed by atoms with E-state index >= 15 is 0 Å². The maximum absolute atomic E-state index is 12.6. The summed E-state index contributed by atoms with van der Waals surface area (Å²) in [4.78, 5) is 7.66. The molecule has 3 aromatic heterocycles. The standard InChI is InChI=1S/C20H17N7O2S/c28-30(29,13-14-6-8-15(9-7-14)27-11-3-10-21-27)26-19-12-18(24-25-19)20-22-16-4-1-2-5-17(16)23-20/h1-12H,13H2,(H,22,23)(H2,24,25,26). The number of nitrogens with zero attached hydrogens (tertiary/aromatic N) is 4. The lowest BCUT2D eigenvalue weighted by atomic mass is 10.2. The smallest absolute Gasteiger partial charge is 0.238 e. The molecule has 0 radical (unpaired) electrons. The molecule has 0 amide bonds. The van der Waals surface area contributed by atoms with Gasteiger partial charge in [-0.1, -0.05) is 24.3 Å². The minimum atomic E-state index is -3.63. The van der Waals surface area contributed by atoms with Crippen LogP contribution in [-0.4, -0.2) is 38.4 Å². The summed E-state index contributed by atoms with van der Waals surface area (Å²) in [6.45, 7) is 0. The van der Waals surface area contributed by atoms with Crippen LogP contribution in [0.4, 0.5) is 5.82 Å². The van der Waals surface area contributed by atoms with E-state index in [2.05, 4.69) is 30.0 Å². The molecule has 5 rings (SSSR count). The van der Waals surface area contributed by atoms with E-state index in [0.717, 1.165) is 16.7 Å². The number of anilines is 1. The van der Waals surface area contributed by atoms with Crippen molar-refractivity contribution in [3.05, 3.63) is 78.6 Å². The third-order valence-electron chi connectivity index (χ3n) is 4.54. The van der Waals surface area contributed by atoms with Crippen LogP contribution in [-0.2, 0) is 15.8 Å². The van der Waals surface area contributed by atoms with Crippen LogP contribution in [0.25, 0.3) is 28.2 Å². The first kappa shape index (κ1) is 18.1. The summed E-state index contributed by atoms with van der Waals surface area (Å²) in [6, 6.07) is 18.2. The summed E-state index contributed by atoms with van der Waals surface area (Å²) < 4.78 is 29.3. The number of H-pyrrole nitrogens is 2. The van der Waals surface area contributed by atoms with E-state index in [1.165, 1.54) is 0 Å². The zero-order valence-corrected chi connectivity index (χ0v) is 16.5. The summed E-state index contributed by atoms with van der Waals surface area (Å²) in [5.41, 5.74) is 3.82. The second-order valence-corrected chi connectivity index (χ2v) is 8.47. The maximum atomic E-state index is 12.6. The summed E-state index contributed by atoms with van der Waals surface area (Å²) in [6.07, 6.45) is 3.51. The lowest BCUT2D eigenvalue weighted by Gasteiger charge is -2.06. The predicted molar refractivity (Wildman–Crippen MR) is 113 cm³/mol. The van der Waals surface area contributed by atoms with Gasteiger partial charge in [0.1, 0.15) is 5.69 Å². The number of aromatic amines is 2. The quantitative estimate of drug-likeness (QED) is 0.390. The molecule has 30 heavy (non-hydrogen) atoms. The Balaban J connectivity index is 1.30. The highest BCUT2D eigenvalue weighted by molar-refractivity contribution is 7.91. The minimum absolute atomic E-state index is 0.167. The van der Waals surface area contributed by atoms with Crippen LogP contribution in [0.2, 0.25) is 0 Å². The second-order valence-electron chi connectivity index (χ2n) is 6.75. The zero-order valence-electron chi connectivity index (χ0n) is 15.6. The molecule has 0 fully saturated rings. The predicted octanol–water partition coefficient (Wildman–Crippen LogP) is 3.08. The van der Waals surface area contributed by atoms with Crippen LogP contribution < -0.4 is 4.72 Å². The third kappa shape index (κ3) is 3.67. The molecule has 0 saturated heterocycles. The largest absolute Gasteiger partial charge is 0.337 e. The number of imidazole rings is 1. The van der Waals surface area contributed by atoms with Gasteiger partial charge in [0.15, 0.2) is 11.6 Å². The van der Waals surface area contributed by atoms with E-state index < -0.39 is 10.0 Å². The number of aromatic nitrogens is 6. The first-order valence-electron chi connectivity index (χ1n) is 9.16. The Morgan fingerprint density at radius 3 is 2.63 bits per heavy atom. The highest BCUT2D eigenvalue weighted by Gasteiger charge is 2.15. The fourth-order valence-electron chi connectivity index (χ4n) is 3.16. The summed E-state index contributed by atoms with van der Waals surface area (Å²) in [5.74, 6) is 0.626. The maximum Gasteiger partial charge on any atom is 0.238 e. The van der Waals surface area contributed by atoms with Gasteiger partial charge >= 0.3 is 0 Å². The van der Waals surface area contributed by atoms with Gasteiger partial charge in [-0.3, -0.25) is 9.82 Å². The molecule has 0 aliphatic heterocycles. The topological polar surface area (TPSA) is 121 Å². The fraction of sp³-hybridized carbons (Fsp3) is 0.0500. The molecule has 3 heterocycles. The Labute approximate surface area is 171 Å². The van der Waals surface area contributed by atoms with Gasteiger partial charge in [0.25, 0.3) is 0 Å². The molecule has 3 N–H and O–H groups in total. The molecule has 0 unspecified atom stereocenters. The zero-order chi connectivity index (χ0) is 20.6. The molecular formula is C20H17N7O2S. The molecule has 0 atom stereocenters. The van der Waals surface area contributed by atoms with Crippen LogP contribution in [0.5, 0.6) is 0 Å². The average Bonchev–Trinajstić information content (AvgIpc) is 3.48. The van der Waals surface area contributed by atoms with Crippen molar-refractivity contribution in [1.29, 1.82) is 0 Å². The highest BCUT2D eigenvalue weighted by atomic mass is 32.2. The van der Waals surface area contributed by atoms with E-state index in [-0.39, 0.29) is 11.6 Å². The van der Waals surface area contributed by atoms with E-state index in [0.29, 0.717) is 17.1 Å². The van der Waals surface area contributed by atoms with Crippen molar-refractivity contribution in [1.82, 2.24) is 29.9 Å². The van der Waals surface area contributed by atoms with Gasteiger partial charge in [0, 0.05) is 18.5 Å². The Hall–Kier alpha value is -3.92. The third-order valence-corrected chi connectivity index (χ3v) is 5.78. The van der Waals surface area contributed by atoms with Gasteiger partial charge in [-0.15, -0.1) is 0 Å². The number of para-hydroxylation sites is 2. The average molecular weight is 419 g/mol. The molecule has 10 heteroatoms. The Morgan fingerprint density at radius 2 is 1.87 bits per heavy atom. The van der Waals surface area contributed by atoms with Crippen LogP contribution in [0.1, 0.15) is 5.56 Å². The van der Waals surface area contributed by atoms with Crippen molar-refractivity contribution < 1.29 is 8.42 Å². The van der Waals surface area contributed by atoms with Crippen LogP contribution in [0, 0.1) is 0 Å². The molecule has 0 aliphatic rings. The fourth-order valence-corrected chi connectivity index (χ4v) is 4.28. The Kier molecular flexibility index (Phi) is 4.32. The summed E-state index contributed by atoms with van der Waals surface area (Å²) in [7, 11) is -3.63.